The van der Waals surface area contributed by atoms with Crippen LogP contribution in [0.25, 0.3) is 0 Å². The fraction of sp³-hybridized carbons (Fsp3) is 0.481. The second kappa shape index (κ2) is 7.92. The Morgan fingerprint density at radius 2 is 1.61 bits per heavy atom. The first-order chi connectivity index (χ1) is 14.8. The third kappa shape index (κ3) is 4.14. The minimum absolute atomic E-state index is 0.289. The van der Waals surface area contributed by atoms with Crippen molar-refractivity contribution in [3.8, 4) is 0 Å². The van der Waals surface area contributed by atoms with Crippen molar-refractivity contribution in [2.45, 2.75) is 83.2 Å². The molecule has 2 bridgehead atoms. The molecule has 3 nitrogen and oxygen atoms in total. The van der Waals surface area contributed by atoms with Crippen LogP contribution >= 0.6 is 0 Å². The maximum absolute atomic E-state index is 6.27. The van der Waals surface area contributed by atoms with E-state index in [1.54, 1.807) is 5.57 Å². The SMILES string of the molecule is CC1(C)OB(c2cccc(CC3=CC4CCC(C3)N4Cc3ccccc3)c2)OC1(C)C. The molecule has 3 aliphatic heterocycles. The van der Waals surface area contributed by atoms with Crippen LogP contribution in [0.15, 0.2) is 66.2 Å². The lowest BCUT2D eigenvalue weighted by Crippen LogP contribution is -2.41. The smallest absolute Gasteiger partial charge is 0.399 e. The molecule has 2 atom stereocenters. The second-order valence-electron chi connectivity index (χ2n) is 10.5. The van der Waals surface area contributed by atoms with Crippen molar-refractivity contribution >= 4 is 12.6 Å². The zero-order valence-corrected chi connectivity index (χ0v) is 19.3. The van der Waals surface area contributed by atoms with Gasteiger partial charge in [0.05, 0.1) is 11.2 Å². The molecule has 4 heteroatoms. The van der Waals surface area contributed by atoms with E-state index in [1.165, 1.54) is 30.4 Å². The van der Waals surface area contributed by atoms with Gasteiger partial charge in [-0.3, -0.25) is 4.90 Å². The lowest BCUT2D eigenvalue weighted by atomic mass is 9.78. The van der Waals surface area contributed by atoms with Crippen LogP contribution < -0.4 is 5.46 Å². The fourth-order valence-corrected chi connectivity index (χ4v) is 5.27. The molecule has 3 aliphatic rings. The Balaban J connectivity index is 1.28. The maximum atomic E-state index is 6.27. The molecule has 162 valence electrons. The van der Waals surface area contributed by atoms with E-state index in [-0.39, 0.29) is 18.3 Å². The van der Waals surface area contributed by atoms with E-state index in [1.807, 2.05) is 0 Å². The van der Waals surface area contributed by atoms with Gasteiger partial charge >= 0.3 is 7.12 Å². The standard InChI is InChI=1S/C27H34BNO2/c1-26(2)27(3,4)31-28(30-26)23-12-8-11-21(16-23)15-22-17-24-13-14-25(18-22)29(24)19-20-9-6-5-7-10-20/h5-12,16-17,24-25H,13-15,18-19H2,1-4H3. The average Bonchev–Trinajstić information content (AvgIpc) is 3.09. The number of fused-ring (bicyclic) bond motifs is 2. The molecule has 0 saturated carbocycles. The van der Waals surface area contributed by atoms with E-state index in [4.69, 9.17) is 9.31 Å². The molecule has 2 aromatic rings. The van der Waals surface area contributed by atoms with Gasteiger partial charge in [0, 0.05) is 18.6 Å². The normalized spacial score (nSPS) is 26.8. The molecule has 0 aromatic heterocycles. The molecule has 2 fully saturated rings. The van der Waals surface area contributed by atoms with E-state index >= 15 is 0 Å². The van der Waals surface area contributed by atoms with Crippen LogP contribution in [-0.2, 0) is 22.3 Å². The average molecular weight is 415 g/mol. The molecule has 2 saturated heterocycles. The summed E-state index contributed by atoms with van der Waals surface area (Å²) in [4.78, 5) is 2.71. The van der Waals surface area contributed by atoms with Crippen LogP contribution in [0.5, 0.6) is 0 Å². The molecule has 0 amide bonds. The molecule has 2 unspecified atom stereocenters. The van der Waals surface area contributed by atoms with Gasteiger partial charge in [-0.1, -0.05) is 66.2 Å². The van der Waals surface area contributed by atoms with Crippen molar-refractivity contribution < 1.29 is 9.31 Å². The molecule has 3 heterocycles. The highest BCUT2D eigenvalue weighted by Gasteiger charge is 2.51. The summed E-state index contributed by atoms with van der Waals surface area (Å²) in [5.41, 5.74) is 4.88. The Labute approximate surface area is 187 Å². The lowest BCUT2D eigenvalue weighted by Gasteiger charge is -2.34. The van der Waals surface area contributed by atoms with Gasteiger partial charge in [-0.25, -0.2) is 0 Å². The Morgan fingerprint density at radius 3 is 2.32 bits per heavy atom. The van der Waals surface area contributed by atoms with Crippen molar-refractivity contribution in [2.24, 2.45) is 0 Å². The third-order valence-electron chi connectivity index (χ3n) is 7.73. The minimum atomic E-state index is -0.305. The summed E-state index contributed by atoms with van der Waals surface area (Å²) in [5, 5.41) is 0. The first kappa shape index (κ1) is 21.0. The predicted molar refractivity (Wildman–Crippen MR) is 127 cm³/mol. The Kier molecular flexibility index (Phi) is 5.36. The van der Waals surface area contributed by atoms with E-state index in [9.17, 15) is 0 Å². The summed E-state index contributed by atoms with van der Waals surface area (Å²) in [5.74, 6) is 0. The highest BCUT2D eigenvalue weighted by atomic mass is 16.7. The van der Waals surface area contributed by atoms with Gasteiger partial charge in [0.1, 0.15) is 0 Å². The molecule has 0 aliphatic carbocycles. The Bertz CT molecular complexity index is 952. The maximum Gasteiger partial charge on any atom is 0.494 e. The Hall–Kier alpha value is -1.88. The van der Waals surface area contributed by atoms with Crippen molar-refractivity contribution in [1.29, 1.82) is 0 Å². The van der Waals surface area contributed by atoms with E-state index < -0.39 is 0 Å². The van der Waals surface area contributed by atoms with Crippen LogP contribution in [0.1, 0.15) is 58.1 Å². The molecule has 2 aromatic carbocycles. The first-order valence-electron chi connectivity index (χ1n) is 11.7. The molecule has 0 N–H and O–H groups in total. The molecule has 0 radical (unpaired) electrons. The number of hydrogen-bond acceptors (Lipinski definition) is 3. The van der Waals surface area contributed by atoms with Crippen molar-refractivity contribution in [1.82, 2.24) is 4.90 Å². The molecular weight excluding hydrogens is 381 g/mol. The summed E-state index contributed by atoms with van der Waals surface area (Å²) in [6.07, 6.45) is 7.36. The van der Waals surface area contributed by atoms with Crippen molar-refractivity contribution in [3.05, 3.63) is 77.4 Å². The largest absolute Gasteiger partial charge is 0.494 e. The quantitative estimate of drug-likeness (QED) is 0.513. The van der Waals surface area contributed by atoms with Crippen LogP contribution in [0.3, 0.4) is 0 Å². The summed E-state index contributed by atoms with van der Waals surface area (Å²) in [7, 11) is -0.289. The van der Waals surface area contributed by atoms with E-state index in [0.717, 1.165) is 18.4 Å². The molecule has 0 spiro atoms. The predicted octanol–water partition coefficient (Wildman–Crippen LogP) is 4.89. The second-order valence-corrected chi connectivity index (χ2v) is 10.5. The Morgan fingerprint density at radius 1 is 0.903 bits per heavy atom. The summed E-state index contributed by atoms with van der Waals surface area (Å²) < 4.78 is 12.5. The number of rotatable bonds is 5. The third-order valence-corrected chi connectivity index (χ3v) is 7.73. The zero-order chi connectivity index (χ0) is 21.6. The van der Waals surface area contributed by atoms with Crippen molar-refractivity contribution in [2.75, 3.05) is 0 Å². The lowest BCUT2D eigenvalue weighted by molar-refractivity contribution is 0.00578. The van der Waals surface area contributed by atoms with Gasteiger partial charge in [0.25, 0.3) is 0 Å². The summed E-state index contributed by atoms with van der Waals surface area (Å²) in [6, 6.07) is 21.0. The summed E-state index contributed by atoms with van der Waals surface area (Å²) >= 11 is 0. The number of benzene rings is 2. The van der Waals surface area contributed by atoms with Gasteiger partial charge in [-0.05, 0) is 70.0 Å². The van der Waals surface area contributed by atoms with Gasteiger partial charge in [0.2, 0.25) is 0 Å². The number of nitrogens with zero attached hydrogens (tertiary/aromatic N) is 1. The highest BCUT2D eigenvalue weighted by Crippen LogP contribution is 2.38. The van der Waals surface area contributed by atoms with Gasteiger partial charge in [-0.2, -0.15) is 0 Å². The highest BCUT2D eigenvalue weighted by molar-refractivity contribution is 6.62. The fourth-order valence-electron chi connectivity index (χ4n) is 5.27. The minimum Gasteiger partial charge on any atom is -0.399 e. The molecule has 31 heavy (non-hydrogen) atoms. The van der Waals surface area contributed by atoms with Crippen LogP contribution in [0, 0.1) is 0 Å². The van der Waals surface area contributed by atoms with E-state index in [2.05, 4.69) is 93.3 Å². The van der Waals surface area contributed by atoms with E-state index in [0.29, 0.717) is 12.1 Å². The first-order valence-corrected chi connectivity index (χ1v) is 11.7. The topological polar surface area (TPSA) is 21.7 Å². The number of hydrogen-bond donors (Lipinski definition) is 0. The van der Waals surface area contributed by atoms with Gasteiger partial charge < -0.3 is 9.31 Å². The molecule has 5 rings (SSSR count). The summed E-state index contributed by atoms with van der Waals surface area (Å²) in [6.45, 7) is 9.51. The monoisotopic (exact) mass is 415 g/mol. The molecular formula is C27H34BNO2. The van der Waals surface area contributed by atoms with Gasteiger partial charge in [0.15, 0.2) is 0 Å². The van der Waals surface area contributed by atoms with Crippen LogP contribution in [0.4, 0.5) is 0 Å². The zero-order valence-electron chi connectivity index (χ0n) is 19.3. The van der Waals surface area contributed by atoms with Crippen LogP contribution in [-0.4, -0.2) is 35.3 Å². The van der Waals surface area contributed by atoms with Crippen molar-refractivity contribution in [3.63, 3.8) is 0 Å². The van der Waals surface area contributed by atoms with Crippen LogP contribution in [0.2, 0.25) is 0 Å². The van der Waals surface area contributed by atoms with Gasteiger partial charge in [-0.15, -0.1) is 0 Å².